The molecule has 3 aromatic rings. The van der Waals surface area contributed by atoms with Crippen LogP contribution in [-0.4, -0.2) is 41.1 Å². The Hall–Kier alpha value is -3.04. The summed E-state index contributed by atoms with van der Waals surface area (Å²) in [6, 6.07) is 19.3. The van der Waals surface area contributed by atoms with Crippen LogP contribution in [-0.2, 0) is 14.8 Å². The van der Waals surface area contributed by atoms with Crippen LogP contribution in [0.2, 0.25) is 0 Å². The number of piperidine rings is 1. The summed E-state index contributed by atoms with van der Waals surface area (Å²) in [6.45, 7) is 3.62. The molecule has 190 valence electrons. The average molecular weight is 573 g/mol. The second kappa shape index (κ2) is 11.3. The molecule has 7 nitrogen and oxygen atoms in total. The van der Waals surface area contributed by atoms with Crippen LogP contribution in [0.1, 0.15) is 24.8 Å². The number of hydrogen-bond acceptors (Lipinski definition) is 5. The Balaban J connectivity index is 1.56. The van der Waals surface area contributed by atoms with E-state index in [2.05, 4.69) is 26.1 Å². The minimum atomic E-state index is -4.04. The normalized spacial score (nSPS) is 13.8. The van der Waals surface area contributed by atoms with Gasteiger partial charge in [-0.1, -0.05) is 17.7 Å². The number of anilines is 3. The minimum Gasteiger partial charge on any atom is -0.496 e. The second-order valence-electron chi connectivity index (χ2n) is 8.79. The fourth-order valence-electron chi connectivity index (χ4n) is 4.20. The number of amides is 1. The molecule has 0 atom stereocenters. The first kappa shape index (κ1) is 26.0. The maximum Gasteiger partial charge on any atom is 0.264 e. The third-order valence-corrected chi connectivity index (χ3v) is 8.58. The Morgan fingerprint density at radius 3 is 2.28 bits per heavy atom. The Labute approximate surface area is 221 Å². The van der Waals surface area contributed by atoms with E-state index in [1.165, 1.54) is 38.5 Å². The molecule has 1 saturated heterocycles. The van der Waals surface area contributed by atoms with E-state index in [0.29, 0.717) is 21.6 Å². The highest BCUT2D eigenvalue weighted by atomic mass is 79.9. The van der Waals surface area contributed by atoms with Crippen molar-refractivity contribution in [2.24, 2.45) is 0 Å². The Bertz CT molecular complexity index is 1310. The van der Waals surface area contributed by atoms with E-state index >= 15 is 0 Å². The maximum atomic E-state index is 13.7. The highest BCUT2D eigenvalue weighted by Crippen LogP contribution is 2.31. The average Bonchev–Trinajstić information content (AvgIpc) is 2.89. The summed E-state index contributed by atoms with van der Waals surface area (Å²) < 4.78 is 34.2. The predicted molar refractivity (Wildman–Crippen MR) is 148 cm³/mol. The van der Waals surface area contributed by atoms with Gasteiger partial charge in [-0.15, -0.1) is 0 Å². The number of hydrogen-bond donors (Lipinski definition) is 1. The number of ether oxygens (including phenoxy) is 1. The predicted octanol–water partition coefficient (Wildman–Crippen LogP) is 5.59. The lowest BCUT2D eigenvalue weighted by atomic mass is 10.1. The fourth-order valence-corrected chi connectivity index (χ4v) is 6.34. The standard InChI is InChI=1S/C27H30BrN3O4S/c1-20-6-10-23(11-7-20)31(36(33,34)24-14-15-26(35-2)25(28)18-24)19-27(32)29-21-8-12-22(13-9-21)30-16-4-3-5-17-30/h6-15,18H,3-5,16-17,19H2,1-2H3,(H,29,32). The highest BCUT2D eigenvalue weighted by Gasteiger charge is 2.28. The first-order chi connectivity index (χ1) is 17.3. The Kier molecular flexibility index (Phi) is 8.21. The van der Waals surface area contributed by atoms with Crippen molar-refractivity contribution < 1.29 is 17.9 Å². The molecule has 1 N–H and O–H groups in total. The molecule has 0 saturated carbocycles. The van der Waals surface area contributed by atoms with Gasteiger partial charge in [-0.3, -0.25) is 9.10 Å². The van der Waals surface area contributed by atoms with Gasteiger partial charge in [0.05, 0.1) is 22.2 Å². The third kappa shape index (κ3) is 6.02. The zero-order valence-electron chi connectivity index (χ0n) is 20.4. The molecule has 4 rings (SSSR count). The van der Waals surface area contributed by atoms with E-state index in [-0.39, 0.29) is 11.4 Å². The molecule has 1 amide bonds. The number of sulfonamides is 1. The first-order valence-electron chi connectivity index (χ1n) is 11.9. The molecule has 1 fully saturated rings. The Morgan fingerprint density at radius 2 is 1.67 bits per heavy atom. The summed E-state index contributed by atoms with van der Waals surface area (Å²) in [5, 5.41) is 2.84. The quantitative estimate of drug-likeness (QED) is 0.381. The monoisotopic (exact) mass is 571 g/mol. The van der Waals surface area contributed by atoms with E-state index in [4.69, 9.17) is 4.74 Å². The molecule has 0 radical (unpaired) electrons. The van der Waals surface area contributed by atoms with E-state index in [0.717, 1.165) is 28.6 Å². The van der Waals surface area contributed by atoms with Crippen LogP contribution in [0, 0.1) is 6.92 Å². The van der Waals surface area contributed by atoms with Crippen molar-refractivity contribution in [3.63, 3.8) is 0 Å². The highest BCUT2D eigenvalue weighted by molar-refractivity contribution is 9.10. The number of methoxy groups -OCH3 is 1. The van der Waals surface area contributed by atoms with Crippen LogP contribution in [0.3, 0.4) is 0 Å². The summed E-state index contributed by atoms with van der Waals surface area (Å²) in [7, 11) is -2.53. The summed E-state index contributed by atoms with van der Waals surface area (Å²) in [4.78, 5) is 15.4. The van der Waals surface area contributed by atoms with Crippen molar-refractivity contribution in [2.45, 2.75) is 31.1 Å². The van der Waals surface area contributed by atoms with Gasteiger partial charge in [-0.05, 0) is 96.7 Å². The Morgan fingerprint density at radius 1 is 1.00 bits per heavy atom. The number of nitrogens with one attached hydrogen (secondary N) is 1. The summed E-state index contributed by atoms with van der Waals surface area (Å²) in [5.41, 5.74) is 3.14. The van der Waals surface area contributed by atoms with Crippen LogP contribution >= 0.6 is 15.9 Å². The number of carbonyl (C=O) groups excluding carboxylic acids is 1. The van der Waals surface area contributed by atoms with E-state index in [1.54, 1.807) is 18.2 Å². The molecule has 36 heavy (non-hydrogen) atoms. The van der Waals surface area contributed by atoms with Crippen molar-refractivity contribution >= 4 is 48.9 Å². The lowest BCUT2D eigenvalue weighted by molar-refractivity contribution is -0.114. The van der Waals surface area contributed by atoms with E-state index in [1.807, 2.05) is 43.3 Å². The number of benzene rings is 3. The van der Waals surface area contributed by atoms with Gasteiger partial charge < -0.3 is 15.0 Å². The molecule has 0 spiro atoms. The number of aryl methyl sites for hydroxylation is 1. The molecule has 0 aromatic heterocycles. The number of halogens is 1. The van der Waals surface area contributed by atoms with Crippen molar-refractivity contribution in [2.75, 3.05) is 41.3 Å². The van der Waals surface area contributed by atoms with Gasteiger partial charge >= 0.3 is 0 Å². The second-order valence-corrected chi connectivity index (χ2v) is 11.5. The van der Waals surface area contributed by atoms with E-state index < -0.39 is 15.9 Å². The molecule has 1 aliphatic rings. The van der Waals surface area contributed by atoms with Crippen molar-refractivity contribution in [1.82, 2.24) is 0 Å². The topological polar surface area (TPSA) is 79.0 Å². The van der Waals surface area contributed by atoms with Crippen LogP contribution in [0.5, 0.6) is 5.75 Å². The molecule has 1 aliphatic heterocycles. The molecule has 0 unspecified atom stereocenters. The lowest BCUT2D eigenvalue weighted by Crippen LogP contribution is -2.38. The van der Waals surface area contributed by atoms with Gasteiger partial charge in [-0.2, -0.15) is 0 Å². The fraction of sp³-hybridized carbons (Fsp3) is 0.296. The number of nitrogens with zero attached hydrogens (tertiary/aromatic N) is 2. The molecular weight excluding hydrogens is 542 g/mol. The minimum absolute atomic E-state index is 0.0504. The molecule has 1 heterocycles. The number of carbonyl (C=O) groups is 1. The molecular formula is C27H30BrN3O4S. The number of rotatable bonds is 8. The van der Waals surface area contributed by atoms with Gasteiger partial charge in [-0.25, -0.2) is 8.42 Å². The SMILES string of the molecule is COc1ccc(S(=O)(=O)N(CC(=O)Nc2ccc(N3CCCCC3)cc2)c2ccc(C)cc2)cc1Br. The smallest absolute Gasteiger partial charge is 0.264 e. The van der Waals surface area contributed by atoms with Crippen molar-refractivity contribution in [1.29, 1.82) is 0 Å². The summed E-state index contributed by atoms with van der Waals surface area (Å²) in [5.74, 6) is 0.0824. The van der Waals surface area contributed by atoms with E-state index in [9.17, 15) is 13.2 Å². The van der Waals surface area contributed by atoms with Crippen molar-refractivity contribution in [3.05, 3.63) is 76.8 Å². The lowest BCUT2D eigenvalue weighted by Gasteiger charge is -2.29. The van der Waals surface area contributed by atoms with Gasteiger partial charge in [0.15, 0.2) is 0 Å². The summed E-state index contributed by atoms with van der Waals surface area (Å²) in [6.07, 6.45) is 3.64. The molecule has 3 aromatic carbocycles. The zero-order valence-corrected chi connectivity index (χ0v) is 22.8. The molecule has 0 bridgehead atoms. The van der Waals surface area contributed by atoms with Gasteiger partial charge in [0, 0.05) is 24.5 Å². The third-order valence-electron chi connectivity index (χ3n) is 6.19. The van der Waals surface area contributed by atoms with Crippen LogP contribution < -0.4 is 19.3 Å². The van der Waals surface area contributed by atoms with Crippen molar-refractivity contribution in [3.8, 4) is 5.75 Å². The zero-order chi connectivity index (χ0) is 25.7. The van der Waals surface area contributed by atoms with Crippen LogP contribution in [0.25, 0.3) is 0 Å². The van der Waals surface area contributed by atoms with Crippen LogP contribution in [0.15, 0.2) is 76.1 Å². The summed E-state index contributed by atoms with van der Waals surface area (Å²) >= 11 is 3.35. The van der Waals surface area contributed by atoms with Gasteiger partial charge in [0.1, 0.15) is 12.3 Å². The molecule has 9 heteroatoms. The first-order valence-corrected chi connectivity index (χ1v) is 14.1. The van der Waals surface area contributed by atoms with Crippen LogP contribution in [0.4, 0.5) is 17.1 Å². The largest absolute Gasteiger partial charge is 0.496 e. The molecule has 0 aliphatic carbocycles. The maximum absolute atomic E-state index is 13.7. The van der Waals surface area contributed by atoms with Gasteiger partial charge in [0.2, 0.25) is 5.91 Å². The van der Waals surface area contributed by atoms with Gasteiger partial charge in [0.25, 0.3) is 10.0 Å².